The highest BCUT2D eigenvalue weighted by Gasteiger charge is 2.21. The van der Waals surface area contributed by atoms with Gasteiger partial charge in [0.2, 0.25) is 0 Å². The normalized spacial score (nSPS) is 16.1. The lowest BCUT2D eigenvalue weighted by Gasteiger charge is -2.26. The Labute approximate surface area is 161 Å². The second-order valence-electron chi connectivity index (χ2n) is 6.67. The Balaban J connectivity index is 1.44. The average Bonchev–Trinajstić information content (AvgIpc) is 3.07. The first-order valence-corrected chi connectivity index (χ1v) is 9.64. The molecule has 0 spiro atoms. The fourth-order valence-corrected chi connectivity index (χ4v) is 3.85. The zero-order valence-corrected chi connectivity index (χ0v) is 15.9. The van der Waals surface area contributed by atoms with Crippen molar-refractivity contribution < 1.29 is 4.79 Å². The minimum Gasteiger partial charge on any atom is -0.345 e. The molecule has 1 N–H and O–H groups in total. The number of fused-ring (bicyclic) bond motifs is 1. The van der Waals surface area contributed by atoms with Gasteiger partial charge in [0.15, 0.2) is 0 Å². The van der Waals surface area contributed by atoms with Crippen LogP contribution in [0.3, 0.4) is 0 Å². The summed E-state index contributed by atoms with van der Waals surface area (Å²) in [5, 5.41) is 7.46. The number of hydrogen-bond acceptors (Lipinski definition) is 2. The summed E-state index contributed by atoms with van der Waals surface area (Å²) in [7, 11) is 0. The first-order chi connectivity index (χ1) is 12.7. The fraction of sp³-hybridized carbons (Fsp3) is 0.238. The van der Waals surface area contributed by atoms with Gasteiger partial charge < -0.3 is 5.32 Å². The Morgan fingerprint density at radius 2 is 2.00 bits per heavy atom. The van der Waals surface area contributed by atoms with E-state index in [1.54, 1.807) is 6.20 Å². The van der Waals surface area contributed by atoms with Gasteiger partial charge in [-0.15, -0.1) is 0 Å². The number of aromatic nitrogens is 2. The van der Waals surface area contributed by atoms with Crippen LogP contribution in [0.2, 0.25) is 0 Å². The third-order valence-corrected chi connectivity index (χ3v) is 5.25. The minimum atomic E-state index is -0.0138. The Morgan fingerprint density at radius 3 is 2.77 bits per heavy atom. The van der Waals surface area contributed by atoms with E-state index >= 15 is 0 Å². The van der Waals surface area contributed by atoms with E-state index < -0.39 is 0 Å². The highest BCUT2D eigenvalue weighted by atomic mass is 79.9. The smallest absolute Gasteiger partial charge is 0.251 e. The van der Waals surface area contributed by atoms with Crippen LogP contribution in [0.15, 0.2) is 65.4 Å². The van der Waals surface area contributed by atoms with E-state index in [-0.39, 0.29) is 11.9 Å². The maximum atomic E-state index is 12.7. The van der Waals surface area contributed by atoms with Crippen molar-refractivity contribution in [3.8, 4) is 0 Å². The molecule has 0 radical (unpaired) electrons. The maximum Gasteiger partial charge on any atom is 0.251 e. The van der Waals surface area contributed by atoms with Crippen LogP contribution in [0.5, 0.6) is 0 Å². The fourth-order valence-electron chi connectivity index (χ4n) is 3.52. The molecule has 1 aliphatic rings. The van der Waals surface area contributed by atoms with Gasteiger partial charge in [-0.2, -0.15) is 5.10 Å². The number of amides is 1. The van der Waals surface area contributed by atoms with Crippen molar-refractivity contribution >= 4 is 21.8 Å². The summed E-state index contributed by atoms with van der Waals surface area (Å²) in [4.78, 5) is 12.7. The molecule has 0 bridgehead atoms. The molecule has 0 aliphatic heterocycles. The summed E-state index contributed by atoms with van der Waals surface area (Å²) >= 11 is 3.40. The molecular weight excluding hydrogens is 390 g/mol. The molecule has 0 fully saturated rings. The number of rotatable bonds is 4. The van der Waals surface area contributed by atoms with Crippen molar-refractivity contribution in [1.29, 1.82) is 0 Å². The molecule has 132 valence electrons. The van der Waals surface area contributed by atoms with Crippen molar-refractivity contribution in [3.63, 3.8) is 0 Å². The topological polar surface area (TPSA) is 46.9 Å². The molecule has 1 unspecified atom stereocenters. The van der Waals surface area contributed by atoms with Crippen LogP contribution >= 0.6 is 15.9 Å². The van der Waals surface area contributed by atoms with E-state index in [9.17, 15) is 4.79 Å². The van der Waals surface area contributed by atoms with Crippen LogP contribution in [0.25, 0.3) is 0 Å². The van der Waals surface area contributed by atoms with Gasteiger partial charge >= 0.3 is 0 Å². The van der Waals surface area contributed by atoms with Crippen LogP contribution in [-0.2, 0) is 13.0 Å². The molecule has 5 heteroatoms. The van der Waals surface area contributed by atoms with E-state index in [0.29, 0.717) is 12.1 Å². The van der Waals surface area contributed by atoms with Crippen molar-refractivity contribution in [1.82, 2.24) is 15.1 Å². The molecule has 0 saturated carbocycles. The molecule has 3 aromatic rings. The number of hydrogen-bond donors (Lipinski definition) is 1. The number of benzene rings is 2. The van der Waals surface area contributed by atoms with Gasteiger partial charge in [0.25, 0.3) is 5.91 Å². The van der Waals surface area contributed by atoms with Gasteiger partial charge in [-0.3, -0.25) is 9.48 Å². The number of nitrogens with zero attached hydrogens (tertiary/aromatic N) is 2. The Morgan fingerprint density at radius 1 is 1.19 bits per heavy atom. The van der Waals surface area contributed by atoms with Crippen molar-refractivity contribution in [2.24, 2.45) is 0 Å². The number of carbonyl (C=O) groups excluding carboxylic acids is 1. The monoisotopic (exact) mass is 409 g/mol. The Kier molecular flexibility index (Phi) is 4.89. The quantitative estimate of drug-likeness (QED) is 0.689. The Hall–Kier alpha value is -2.40. The second kappa shape index (κ2) is 7.46. The molecule has 1 atom stereocenters. The molecule has 1 aliphatic carbocycles. The van der Waals surface area contributed by atoms with Gasteiger partial charge in [0.05, 0.1) is 23.3 Å². The lowest BCUT2D eigenvalue weighted by molar-refractivity contribution is 0.0932. The summed E-state index contributed by atoms with van der Waals surface area (Å²) in [5.41, 5.74) is 4.41. The van der Waals surface area contributed by atoms with Crippen LogP contribution in [0.1, 0.15) is 45.9 Å². The zero-order chi connectivity index (χ0) is 17.9. The molecule has 1 amide bonds. The summed E-state index contributed by atoms with van der Waals surface area (Å²) in [6, 6.07) is 16.3. The van der Waals surface area contributed by atoms with Gasteiger partial charge in [0, 0.05) is 11.8 Å². The highest BCUT2D eigenvalue weighted by Crippen LogP contribution is 2.29. The molecule has 2 aromatic carbocycles. The van der Waals surface area contributed by atoms with E-state index in [1.165, 1.54) is 11.1 Å². The van der Waals surface area contributed by atoms with Gasteiger partial charge in [-0.25, -0.2) is 0 Å². The zero-order valence-electron chi connectivity index (χ0n) is 14.4. The van der Waals surface area contributed by atoms with Crippen molar-refractivity contribution in [2.75, 3.05) is 0 Å². The molecule has 1 aromatic heterocycles. The summed E-state index contributed by atoms with van der Waals surface area (Å²) < 4.78 is 2.82. The molecule has 1 heterocycles. The van der Waals surface area contributed by atoms with E-state index in [1.807, 2.05) is 41.2 Å². The number of nitrogens with one attached hydrogen (secondary N) is 1. The van der Waals surface area contributed by atoms with Gasteiger partial charge in [-0.1, -0.05) is 36.4 Å². The van der Waals surface area contributed by atoms with Crippen LogP contribution in [0, 0.1) is 0 Å². The molecule has 0 saturated heterocycles. The standard InChI is InChI=1S/C21H20BrN3O/c22-18-12-23-25(14-18)13-15-8-10-17(11-9-15)21(26)24-20-7-3-5-16-4-1-2-6-19(16)20/h1-2,4,6,8-12,14,20H,3,5,7,13H2,(H,24,26). The largest absolute Gasteiger partial charge is 0.345 e. The highest BCUT2D eigenvalue weighted by molar-refractivity contribution is 9.10. The summed E-state index contributed by atoms with van der Waals surface area (Å²) in [6.07, 6.45) is 6.90. The average molecular weight is 410 g/mol. The van der Waals surface area contributed by atoms with Gasteiger partial charge in [-0.05, 0) is 64.0 Å². The van der Waals surface area contributed by atoms with E-state index in [0.717, 1.165) is 29.3 Å². The second-order valence-corrected chi connectivity index (χ2v) is 7.59. The lowest BCUT2D eigenvalue weighted by atomic mass is 9.87. The third-order valence-electron chi connectivity index (χ3n) is 4.84. The molecular formula is C21H20BrN3O. The first kappa shape index (κ1) is 17.0. The van der Waals surface area contributed by atoms with Crippen LogP contribution < -0.4 is 5.32 Å². The van der Waals surface area contributed by atoms with E-state index in [2.05, 4.69) is 44.5 Å². The molecule has 26 heavy (non-hydrogen) atoms. The van der Waals surface area contributed by atoms with Crippen molar-refractivity contribution in [2.45, 2.75) is 31.8 Å². The summed E-state index contributed by atoms with van der Waals surface area (Å²) in [6.45, 7) is 0.684. The number of halogens is 1. The Bertz CT molecular complexity index is 917. The molecule has 4 rings (SSSR count). The number of carbonyl (C=O) groups is 1. The molecule has 4 nitrogen and oxygen atoms in total. The predicted molar refractivity (Wildman–Crippen MR) is 105 cm³/mol. The summed E-state index contributed by atoms with van der Waals surface area (Å²) in [5.74, 6) is -0.0138. The van der Waals surface area contributed by atoms with Crippen LogP contribution in [0.4, 0.5) is 0 Å². The van der Waals surface area contributed by atoms with Crippen LogP contribution in [-0.4, -0.2) is 15.7 Å². The lowest BCUT2D eigenvalue weighted by Crippen LogP contribution is -2.30. The third kappa shape index (κ3) is 3.73. The van der Waals surface area contributed by atoms with Crippen molar-refractivity contribution in [3.05, 3.63) is 87.7 Å². The number of aryl methyl sites for hydroxylation is 1. The SMILES string of the molecule is O=C(NC1CCCc2ccccc21)c1ccc(Cn2cc(Br)cn2)cc1. The maximum absolute atomic E-state index is 12.7. The van der Waals surface area contributed by atoms with Gasteiger partial charge in [0.1, 0.15) is 0 Å². The van der Waals surface area contributed by atoms with E-state index in [4.69, 9.17) is 0 Å². The minimum absolute atomic E-state index is 0.0138. The first-order valence-electron chi connectivity index (χ1n) is 8.84. The predicted octanol–water partition coefficient (Wildman–Crippen LogP) is 4.50.